The summed E-state index contributed by atoms with van der Waals surface area (Å²) in [5.41, 5.74) is -2.35. The first kappa shape index (κ1) is 28.1. The Morgan fingerprint density at radius 3 is 2.21 bits per heavy atom. The fraction of sp³-hybridized carbons (Fsp3) is 0.700. The van der Waals surface area contributed by atoms with Crippen molar-refractivity contribution >= 4 is 18.2 Å². The lowest BCUT2D eigenvalue weighted by molar-refractivity contribution is -0.291. The number of furan rings is 1. The van der Waals surface area contributed by atoms with Crippen LogP contribution in [-0.2, 0) is 23.9 Å². The van der Waals surface area contributed by atoms with Crippen molar-refractivity contribution in [2.75, 3.05) is 0 Å². The van der Waals surface area contributed by atoms with E-state index in [2.05, 4.69) is 6.08 Å². The predicted octanol–water partition coefficient (Wildman–Crippen LogP) is 2.92. The number of aliphatic hydroxyl groups excluding tert-OH is 3. The van der Waals surface area contributed by atoms with E-state index in [0.717, 1.165) is 11.1 Å². The van der Waals surface area contributed by atoms with Crippen LogP contribution in [0, 0.1) is 33.5 Å². The van der Waals surface area contributed by atoms with Crippen molar-refractivity contribution in [2.45, 2.75) is 97.2 Å². The normalized spacial score (nSPS) is 48.7. The molecule has 3 saturated carbocycles. The van der Waals surface area contributed by atoms with Gasteiger partial charge in [-0.15, -0.1) is 0 Å². The number of rotatable bonds is 4. The standard InChI is InChI=1S/C30H40O9/c1-15(32)38-22-12-21(34)30(6)20-11-23(39-16(2)33)28(4)18(17-9-10-37-13-17)7-8-19(28)29(20,5)26(36)24(35)25(30)27(22,3)14-31/h8-10,13-14,18,20-26,34-36H,7,11-12H2,1-6H3. The van der Waals surface area contributed by atoms with Gasteiger partial charge in [-0.25, -0.2) is 0 Å². The van der Waals surface area contributed by atoms with Crippen LogP contribution < -0.4 is 0 Å². The quantitative estimate of drug-likeness (QED) is 0.296. The summed E-state index contributed by atoms with van der Waals surface area (Å²) in [4.78, 5) is 37.1. The van der Waals surface area contributed by atoms with Crippen molar-refractivity contribution in [2.24, 2.45) is 33.5 Å². The molecule has 0 radical (unpaired) electrons. The highest BCUT2D eigenvalue weighted by molar-refractivity contribution is 5.69. The molecule has 39 heavy (non-hydrogen) atoms. The highest BCUT2D eigenvalue weighted by atomic mass is 16.5. The molecule has 0 bridgehead atoms. The number of hydrogen-bond acceptors (Lipinski definition) is 9. The first-order valence-electron chi connectivity index (χ1n) is 13.8. The van der Waals surface area contributed by atoms with Crippen molar-refractivity contribution in [1.82, 2.24) is 0 Å². The van der Waals surface area contributed by atoms with Gasteiger partial charge in [0.1, 0.15) is 18.5 Å². The Hall–Kier alpha value is -2.49. The van der Waals surface area contributed by atoms with Crippen LogP contribution in [0.25, 0.3) is 0 Å². The molecule has 3 N–H and O–H groups in total. The largest absolute Gasteiger partial charge is 0.472 e. The second-order valence-electron chi connectivity index (χ2n) is 13.0. The summed E-state index contributed by atoms with van der Waals surface area (Å²) in [6.07, 6.45) is 1.66. The molecule has 4 aliphatic rings. The minimum Gasteiger partial charge on any atom is -0.472 e. The van der Waals surface area contributed by atoms with Gasteiger partial charge in [0.15, 0.2) is 0 Å². The molecule has 12 unspecified atom stereocenters. The SMILES string of the molecule is CC(=O)OC1CC(O)C2(C)C(C(O)C(O)C3(C)C4=CCC(c5ccoc5)C4(C)C(OC(C)=O)CC32)C1(C)C=O. The number of carbonyl (C=O) groups excluding carboxylic acids is 3. The van der Waals surface area contributed by atoms with E-state index >= 15 is 0 Å². The molecule has 0 saturated heterocycles. The number of aldehydes is 1. The fourth-order valence-corrected chi connectivity index (χ4v) is 9.60. The van der Waals surface area contributed by atoms with Gasteiger partial charge in [0.2, 0.25) is 0 Å². The summed E-state index contributed by atoms with van der Waals surface area (Å²) >= 11 is 0. The van der Waals surface area contributed by atoms with Gasteiger partial charge in [-0.05, 0) is 37.3 Å². The summed E-state index contributed by atoms with van der Waals surface area (Å²) in [6.45, 7) is 10.0. The smallest absolute Gasteiger partial charge is 0.302 e. The van der Waals surface area contributed by atoms with Crippen molar-refractivity contribution in [3.63, 3.8) is 0 Å². The van der Waals surface area contributed by atoms with Crippen molar-refractivity contribution in [3.8, 4) is 0 Å². The minimum absolute atomic E-state index is 0.00338. The molecule has 3 fully saturated rings. The third-order valence-electron chi connectivity index (χ3n) is 11.3. The molecule has 1 aromatic rings. The number of fused-ring (bicyclic) bond motifs is 5. The monoisotopic (exact) mass is 544 g/mol. The average molecular weight is 545 g/mol. The zero-order valence-electron chi connectivity index (χ0n) is 23.4. The highest BCUT2D eigenvalue weighted by Gasteiger charge is 2.76. The van der Waals surface area contributed by atoms with Gasteiger partial charge in [0, 0.05) is 48.3 Å². The Morgan fingerprint density at radius 2 is 1.64 bits per heavy atom. The van der Waals surface area contributed by atoms with Gasteiger partial charge < -0.3 is 34.0 Å². The van der Waals surface area contributed by atoms with Crippen LogP contribution >= 0.6 is 0 Å². The van der Waals surface area contributed by atoms with Crippen LogP contribution in [0.15, 0.2) is 34.7 Å². The molecule has 1 aromatic heterocycles. The third-order valence-corrected chi connectivity index (χ3v) is 11.3. The van der Waals surface area contributed by atoms with E-state index in [9.17, 15) is 29.7 Å². The zero-order chi connectivity index (χ0) is 28.7. The van der Waals surface area contributed by atoms with E-state index in [1.54, 1.807) is 19.5 Å². The van der Waals surface area contributed by atoms with Crippen LogP contribution in [0.3, 0.4) is 0 Å². The number of carbonyl (C=O) groups is 3. The lowest BCUT2D eigenvalue weighted by Gasteiger charge is -2.70. The molecule has 0 spiro atoms. The Labute approximate surface area is 228 Å². The average Bonchev–Trinajstić information content (AvgIpc) is 3.51. The first-order chi connectivity index (χ1) is 18.2. The first-order valence-corrected chi connectivity index (χ1v) is 13.8. The lowest BCUT2D eigenvalue weighted by atomic mass is 9.35. The molecule has 9 heteroatoms. The van der Waals surface area contributed by atoms with E-state index in [0.29, 0.717) is 19.1 Å². The Bertz CT molecular complexity index is 1190. The minimum atomic E-state index is -1.40. The number of allylic oxidation sites excluding steroid dienone is 1. The number of hydrogen-bond donors (Lipinski definition) is 3. The third kappa shape index (κ3) is 3.51. The van der Waals surface area contributed by atoms with Crippen LogP contribution in [0.2, 0.25) is 0 Å². The fourth-order valence-electron chi connectivity index (χ4n) is 9.60. The Balaban J connectivity index is 1.69. The second kappa shape index (κ2) is 9.01. The van der Waals surface area contributed by atoms with Gasteiger partial charge >= 0.3 is 11.9 Å². The molecule has 4 aliphatic carbocycles. The maximum Gasteiger partial charge on any atom is 0.302 e. The van der Waals surface area contributed by atoms with Crippen LogP contribution in [0.1, 0.15) is 72.3 Å². The van der Waals surface area contributed by atoms with E-state index in [1.165, 1.54) is 13.8 Å². The molecule has 5 rings (SSSR count). The maximum absolute atomic E-state index is 12.7. The number of ether oxygens (including phenoxy) is 2. The van der Waals surface area contributed by atoms with Crippen molar-refractivity contribution in [1.29, 1.82) is 0 Å². The molecule has 12 atom stereocenters. The summed E-state index contributed by atoms with van der Waals surface area (Å²) < 4.78 is 16.9. The highest BCUT2D eigenvalue weighted by Crippen LogP contribution is 2.74. The van der Waals surface area contributed by atoms with Gasteiger partial charge in [0.05, 0.1) is 36.3 Å². The predicted molar refractivity (Wildman–Crippen MR) is 138 cm³/mol. The van der Waals surface area contributed by atoms with E-state index in [1.807, 2.05) is 26.8 Å². The van der Waals surface area contributed by atoms with E-state index in [4.69, 9.17) is 13.9 Å². The summed E-state index contributed by atoms with van der Waals surface area (Å²) in [7, 11) is 0. The summed E-state index contributed by atoms with van der Waals surface area (Å²) in [5.74, 6) is -2.53. The molecule has 214 valence electrons. The topological polar surface area (TPSA) is 144 Å². The Kier molecular flexibility index (Phi) is 6.48. The molecule has 0 aliphatic heterocycles. The Morgan fingerprint density at radius 1 is 1.00 bits per heavy atom. The van der Waals surface area contributed by atoms with Crippen LogP contribution in [0.5, 0.6) is 0 Å². The second-order valence-corrected chi connectivity index (χ2v) is 13.0. The van der Waals surface area contributed by atoms with Gasteiger partial charge in [-0.1, -0.05) is 32.4 Å². The molecule has 0 aromatic carbocycles. The number of aliphatic hydroxyl groups is 3. The van der Waals surface area contributed by atoms with Crippen molar-refractivity contribution < 1.29 is 43.6 Å². The number of esters is 2. The lowest BCUT2D eigenvalue weighted by Crippen LogP contribution is -2.76. The van der Waals surface area contributed by atoms with E-state index < -0.39 is 76.0 Å². The molecule has 9 nitrogen and oxygen atoms in total. The molecular formula is C30H40O9. The van der Waals surface area contributed by atoms with Gasteiger partial charge in [-0.3, -0.25) is 9.59 Å². The van der Waals surface area contributed by atoms with E-state index in [-0.39, 0.29) is 12.3 Å². The molecular weight excluding hydrogens is 504 g/mol. The summed E-state index contributed by atoms with van der Waals surface area (Å²) in [5, 5.41) is 35.6. The van der Waals surface area contributed by atoms with Crippen LogP contribution in [-0.4, -0.2) is 64.1 Å². The molecule has 0 amide bonds. The molecule has 1 heterocycles. The van der Waals surface area contributed by atoms with Crippen LogP contribution in [0.4, 0.5) is 0 Å². The summed E-state index contributed by atoms with van der Waals surface area (Å²) in [6, 6.07) is 1.89. The van der Waals surface area contributed by atoms with Gasteiger partial charge in [-0.2, -0.15) is 0 Å². The maximum atomic E-state index is 12.7. The van der Waals surface area contributed by atoms with Gasteiger partial charge in [0.25, 0.3) is 0 Å². The van der Waals surface area contributed by atoms with Crippen molar-refractivity contribution in [3.05, 3.63) is 35.8 Å². The zero-order valence-corrected chi connectivity index (χ0v) is 23.4.